The largest absolute Gasteiger partial charge is 0.322 e. The molecule has 0 aliphatic carbocycles. The summed E-state index contributed by atoms with van der Waals surface area (Å²) in [5.41, 5.74) is 2.96. The van der Waals surface area contributed by atoms with Gasteiger partial charge in [0.15, 0.2) is 0 Å². The van der Waals surface area contributed by atoms with Gasteiger partial charge in [0.25, 0.3) is 5.91 Å². The summed E-state index contributed by atoms with van der Waals surface area (Å²) in [5.74, 6) is -1.36. The molecule has 2 saturated heterocycles. The van der Waals surface area contributed by atoms with Crippen molar-refractivity contribution in [3.8, 4) is 0 Å². The van der Waals surface area contributed by atoms with Crippen molar-refractivity contribution in [2.75, 3.05) is 13.1 Å². The fourth-order valence-corrected chi connectivity index (χ4v) is 5.07. The topological polar surface area (TPSA) is 82.6 Å². The van der Waals surface area contributed by atoms with E-state index in [0.29, 0.717) is 17.5 Å². The van der Waals surface area contributed by atoms with E-state index in [1.807, 2.05) is 18.2 Å². The van der Waals surface area contributed by atoms with E-state index in [1.165, 1.54) is 16.5 Å². The maximum absolute atomic E-state index is 15.0. The molecule has 0 saturated carbocycles. The molecule has 2 aromatic rings. The van der Waals surface area contributed by atoms with Crippen molar-refractivity contribution >= 4 is 17.7 Å². The third kappa shape index (κ3) is 3.90. The molecule has 1 aromatic carbocycles. The smallest absolute Gasteiger partial charge is 0.255 e. The number of aromatic nitrogens is 1. The molecule has 1 aromatic heterocycles. The number of rotatable bonds is 4. The number of fused-ring (bicyclic) bond motifs is 1. The Morgan fingerprint density at radius 3 is 2.53 bits per heavy atom. The second kappa shape index (κ2) is 8.43. The molecule has 5 rings (SSSR count). The van der Waals surface area contributed by atoms with Crippen LogP contribution in [0.1, 0.15) is 58.6 Å². The lowest BCUT2D eigenvalue weighted by atomic mass is 9.87. The van der Waals surface area contributed by atoms with Crippen molar-refractivity contribution in [1.82, 2.24) is 20.1 Å². The van der Waals surface area contributed by atoms with Gasteiger partial charge in [-0.05, 0) is 73.2 Å². The number of carbonyl (C=O) groups is 3. The Kier molecular flexibility index (Phi) is 5.46. The molecule has 1 N–H and O–H groups in total. The summed E-state index contributed by atoms with van der Waals surface area (Å²) in [6.45, 7) is 2.89. The highest BCUT2D eigenvalue weighted by Gasteiger charge is 2.40. The number of hydrogen-bond donors (Lipinski definition) is 1. The molecule has 4 heterocycles. The lowest BCUT2D eigenvalue weighted by Crippen LogP contribution is -2.52. The second-order valence-corrected chi connectivity index (χ2v) is 8.84. The average Bonchev–Trinajstić information content (AvgIpc) is 3.10. The van der Waals surface area contributed by atoms with Gasteiger partial charge in [-0.2, -0.15) is 0 Å². The maximum Gasteiger partial charge on any atom is 0.255 e. The van der Waals surface area contributed by atoms with Crippen LogP contribution in [0.25, 0.3) is 0 Å². The fraction of sp³-hybridized carbons (Fsp3) is 0.417. The number of amides is 3. The van der Waals surface area contributed by atoms with Crippen LogP contribution in [0, 0.1) is 5.82 Å². The van der Waals surface area contributed by atoms with Crippen molar-refractivity contribution in [3.63, 3.8) is 0 Å². The van der Waals surface area contributed by atoms with E-state index in [1.54, 1.807) is 12.4 Å². The Bertz CT molecular complexity index is 1070. The molecular formula is C24H25FN4O3. The number of pyridine rings is 1. The number of carbonyl (C=O) groups excluding carboxylic acids is 3. The summed E-state index contributed by atoms with van der Waals surface area (Å²) in [6.07, 6.45) is 5.80. The molecule has 1 unspecified atom stereocenters. The van der Waals surface area contributed by atoms with Crippen molar-refractivity contribution < 1.29 is 18.8 Å². The highest BCUT2D eigenvalue weighted by molar-refractivity contribution is 6.05. The van der Waals surface area contributed by atoms with E-state index >= 15 is 4.39 Å². The highest BCUT2D eigenvalue weighted by atomic mass is 19.1. The third-order valence-corrected chi connectivity index (χ3v) is 6.82. The lowest BCUT2D eigenvalue weighted by Gasteiger charge is -2.32. The first kappa shape index (κ1) is 20.8. The van der Waals surface area contributed by atoms with Gasteiger partial charge < -0.3 is 4.90 Å². The standard InChI is InChI=1S/C24H25FN4O3/c25-20-12-19-17(14-29(24(19)32)21-1-2-22(30)27-23(21)31)11-18(20)16-5-9-28(10-6-16)13-15-3-7-26-8-4-15/h3-4,7-8,11-12,16,21H,1-2,5-6,9-10,13-14H2,(H,27,30,31). The number of nitrogens with zero attached hydrogens (tertiary/aromatic N) is 3. The minimum absolute atomic E-state index is 0.105. The number of likely N-dealkylation sites (tertiary alicyclic amines) is 1. The van der Waals surface area contributed by atoms with Gasteiger partial charge in [-0.3, -0.25) is 29.6 Å². The quantitative estimate of drug-likeness (QED) is 0.744. The summed E-state index contributed by atoms with van der Waals surface area (Å²) in [4.78, 5) is 44.4. The van der Waals surface area contributed by atoms with Gasteiger partial charge in [0.1, 0.15) is 11.9 Å². The van der Waals surface area contributed by atoms with Crippen LogP contribution in [0.2, 0.25) is 0 Å². The van der Waals surface area contributed by atoms with Crippen LogP contribution in [0.3, 0.4) is 0 Å². The zero-order valence-electron chi connectivity index (χ0n) is 17.7. The molecule has 3 amide bonds. The normalized spacial score (nSPS) is 22.2. The molecule has 8 heteroatoms. The molecule has 166 valence electrons. The fourth-order valence-electron chi connectivity index (χ4n) is 5.07. The summed E-state index contributed by atoms with van der Waals surface area (Å²) >= 11 is 0. The Labute approximate surface area is 185 Å². The first-order valence-corrected chi connectivity index (χ1v) is 11.1. The Hall–Kier alpha value is -3.13. The van der Waals surface area contributed by atoms with Gasteiger partial charge in [0.05, 0.1) is 0 Å². The molecule has 3 aliphatic heterocycles. The van der Waals surface area contributed by atoms with Gasteiger partial charge in [-0.25, -0.2) is 4.39 Å². The first-order chi connectivity index (χ1) is 15.5. The van der Waals surface area contributed by atoms with Crippen molar-refractivity contribution in [2.24, 2.45) is 0 Å². The second-order valence-electron chi connectivity index (χ2n) is 8.84. The minimum atomic E-state index is -0.685. The molecule has 1 atom stereocenters. The zero-order valence-corrected chi connectivity index (χ0v) is 17.7. The van der Waals surface area contributed by atoms with Crippen molar-refractivity contribution in [2.45, 2.75) is 50.7 Å². The Balaban J connectivity index is 1.28. The van der Waals surface area contributed by atoms with Crippen LogP contribution >= 0.6 is 0 Å². The highest BCUT2D eigenvalue weighted by Crippen LogP contribution is 2.35. The average molecular weight is 436 g/mol. The molecular weight excluding hydrogens is 411 g/mol. The monoisotopic (exact) mass is 436 g/mol. The number of imide groups is 1. The molecule has 7 nitrogen and oxygen atoms in total. The van der Waals surface area contributed by atoms with Crippen LogP contribution in [-0.2, 0) is 22.7 Å². The number of halogens is 1. The Morgan fingerprint density at radius 1 is 1.06 bits per heavy atom. The molecule has 0 radical (unpaired) electrons. The van der Waals surface area contributed by atoms with Gasteiger partial charge in [0.2, 0.25) is 11.8 Å². The van der Waals surface area contributed by atoms with Gasteiger partial charge in [-0.15, -0.1) is 0 Å². The number of nitrogens with one attached hydrogen (secondary N) is 1. The van der Waals surface area contributed by atoms with Crippen LogP contribution < -0.4 is 5.32 Å². The summed E-state index contributed by atoms with van der Waals surface area (Å²) in [5, 5.41) is 2.30. The first-order valence-electron chi connectivity index (χ1n) is 11.1. The van der Waals surface area contributed by atoms with Gasteiger partial charge in [0, 0.05) is 37.5 Å². The summed E-state index contributed by atoms with van der Waals surface area (Å²) in [6, 6.07) is 6.49. The van der Waals surface area contributed by atoms with Crippen LogP contribution in [0.15, 0.2) is 36.7 Å². The van der Waals surface area contributed by atoms with E-state index in [-0.39, 0.29) is 36.5 Å². The van der Waals surface area contributed by atoms with Crippen LogP contribution in [0.4, 0.5) is 4.39 Å². The maximum atomic E-state index is 15.0. The van der Waals surface area contributed by atoms with Crippen molar-refractivity contribution in [1.29, 1.82) is 0 Å². The van der Waals surface area contributed by atoms with Crippen LogP contribution in [0.5, 0.6) is 0 Å². The third-order valence-electron chi connectivity index (χ3n) is 6.82. The van der Waals surface area contributed by atoms with Gasteiger partial charge in [-0.1, -0.05) is 6.07 Å². The Morgan fingerprint density at radius 2 is 1.81 bits per heavy atom. The van der Waals surface area contributed by atoms with E-state index in [4.69, 9.17) is 0 Å². The van der Waals surface area contributed by atoms with Crippen molar-refractivity contribution in [3.05, 3.63) is 64.7 Å². The SMILES string of the molecule is O=C1CCC(N2Cc3cc(C4CCN(Cc5ccncc5)CC4)c(F)cc3C2=O)C(=O)N1. The molecule has 0 spiro atoms. The number of hydrogen-bond acceptors (Lipinski definition) is 5. The predicted molar refractivity (Wildman–Crippen MR) is 114 cm³/mol. The predicted octanol–water partition coefficient (Wildman–Crippen LogP) is 2.36. The van der Waals surface area contributed by atoms with E-state index in [9.17, 15) is 14.4 Å². The number of piperidine rings is 2. The zero-order chi connectivity index (χ0) is 22.2. The minimum Gasteiger partial charge on any atom is -0.322 e. The molecule has 0 bridgehead atoms. The summed E-state index contributed by atoms with van der Waals surface area (Å²) in [7, 11) is 0. The van der Waals surface area contributed by atoms with Gasteiger partial charge >= 0.3 is 0 Å². The molecule has 32 heavy (non-hydrogen) atoms. The summed E-state index contributed by atoms with van der Waals surface area (Å²) < 4.78 is 15.0. The molecule has 3 aliphatic rings. The lowest BCUT2D eigenvalue weighted by molar-refractivity contribution is -0.136. The number of benzene rings is 1. The molecule has 2 fully saturated rings. The van der Waals surface area contributed by atoms with E-state index in [2.05, 4.69) is 15.2 Å². The van der Waals surface area contributed by atoms with E-state index < -0.39 is 11.9 Å². The van der Waals surface area contributed by atoms with E-state index in [0.717, 1.165) is 38.0 Å². The van der Waals surface area contributed by atoms with Crippen LogP contribution in [-0.4, -0.2) is 51.6 Å².